The van der Waals surface area contributed by atoms with E-state index in [9.17, 15) is 9.59 Å². The molecule has 2 N–H and O–H groups in total. The second kappa shape index (κ2) is 10.1. The summed E-state index contributed by atoms with van der Waals surface area (Å²) >= 11 is 0. The highest BCUT2D eigenvalue weighted by molar-refractivity contribution is 6.09. The summed E-state index contributed by atoms with van der Waals surface area (Å²) in [5, 5.41) is 6.36. The Balaban J connectivity index is 1.53. The van der Waals surface area contributed by atoms with E-state index in [4.69, 9.17) is 9.47 Å². The first-order chi connectivity index (χ1) is 16.8. The number of ketones is 1. The zero-order valence-electron chi connectivity index (χ0n) is 20.5. The van der Waals surface area contributed by atoms with Crippen LogP contribution < -0.4 is 20.1 Å². The molecule has 3 aromatic carbocycles. The molecule has 4 rings (SSSR count). The van der Waals surface area contributed by atoms with Crippen molar-refractivity contribution >= 4 is 23.1 Å². The molecule has 0 saturated carbocycles. The van der Waals surface area contributed by atoms with Crippen molar-refractivity contribution in [3.8, 4) is 11.5 Å². The van der Waals surface area contributed by atoms with E-state index in [0.717, 1.165) is 23.4 Å². The standard InChI is InChI=1S/C29H30N2O4/c1-5-35-27-9-7-6-8-23(27)28(33)30-21-13-10-19(11-14-21)26(32)17-25-24-16-22(34-4)15-12-20(24)18-29(2,3)31-25/h6-17,31H,5,18H2,1-4H3,(H,30,33). The second-order valence-corrected chi connectivity index (χ2v) is 9.09. The number of ether oxygens (including phenoxy) is 2. The summed E-state index contributed by atoms with van der Waals surface area (Å²) in [6.07, 6.45) is 2.48. The van der Waals surface area contributed by atoms with E-state index in [1.165, 1.54) is 5.56 Å². The average Bonchev–Trinajstić information content (AvgIpc) is 2.84. The van der Waals surface area contributed by atoms with Crippen LogP contribution in [0.4, 0.5) is 5.69 Å². The van der Waals surface area contributed by atoms with Crippen molar-refractivity contribution in [3.05, 3.63) is 95.1 Å². The SMILES string of the molecule is CCOc1ccccc1C(=O)Nc1ccc(C(=O)C=C2NC(C)(C)Cc3ccc(OC)cc32)cc1. The van der Waals surface area contributed by atoms with Gasteiger partial charge in [0.25, 0.3) is 5.91 Å². The summed E-state index contributed by atoms with van der Waals surface area (Å²) < 4.78 is 10.9. The van der Waals surface area contributed by atoms with E-state index in [-0.39, 0.29) is 17.2 Å². The Bertz CT molecular complexity index is 1280. The van der Waals surface area contributed by atoms with Crippen LogP contribution in [0.25, 0.3) is 5.70 Å². The van der Waals surface area contributed by atoms with Gasteiger partial charge in [0.05, 0.1) is 19.3 Å². The molecular weight excluding hydrogens is 440 g/mol. The van der Waals surface area contributed by atoms with E-state index >= 15 is 0 Å². The molecule has 0 aliphatic carbocycles. The minimum atomic E-state index is -0.269. The van der Waals surface area contributed by atoms with Crippen LogP contribution in [0, 0.1) is 0 Å². The molecule has 6 nitrogen and oxygen atoms in total. The molecule has 35 heavy (non-hydrogen) atoms. The van der Waals surface area contributed by atoms with Gasteiger partial charge in [-0.3, -0.25) is 9.59 Å². The van der Waals surface area contributed by atoms with Gasteiger partial charge < -0.3 is 20.1 Å². The molecule has 0 saturated heterocycles. The fourth-order valence-corrected chi connectivity index (χ4v) is 4.22. The van der Waals surface area contributed by atoms with Gasteiger partial charge in [-0.2, -0.15) is 0 Å². The summed E-state index contributed by atoms with van der Waals surface area (Å²) in [6, 6.07) is 19.9. The number of nitrogens with one attached hydrogen (secondary N) is 2. The van der Waals surface area contributed by atoms with E-state index < -0.39 is 0 Å². The quantitative estimate of drug-likeness (QED) is 0.353. The van der Waals surface area contributed by atoms with E-state index in [1.807, 2.05) is 25.1 Å². The maximum atomic E-state index is 13.1. The van der Waals surface area contributed by atoms with Crippen LogP contribution in [-0.2, 0) is 6.42 Å². The van der Waals surface area contributed by atoms with Crippen molar-refractivity contribution in [2.24, 2.45) is 0 Å². The molecule has 0 unspecified atom stereocenters. The van der Waals surface area contributed by atoms with Crippen molar-refractivity contribution in [3.63, 3.8) is 0 Å². The van der Waals surface area contributed by atoms with Crippen LogP contribution in [0.3, 0.4) is 0 Å². The first-order valence-electron chi connectivity index (χ1n) is 11.6. The first kappa shape index (κ1) is 24.1. The smallest absolute Gasteiger partial charge is 0.259 e. The lowest BCUT2D eigenvalue weighted by Gasteiger charge is -2.35. The topological polar surface area (TPSA) is 76.7 Å². The molecule has 0 bridgehead atoms. The lowest BCUT2D eigenvalue weighted by atomic mass is 9.85. The van der Waals surface area contributed by atoms with E-state index in [0.29, 0.717) is 29.2 Å². The van der Waals surface area contributed by atoms with Crippen LogP contribution in [-0.4, -0.2) is 30.9 Å². The summed E-state index contributed by atoms with van der Waals surface area (Å²) in [6.45, 7) is 6.57. The Hall–Kier alpha value is -4.06. The number of benzene rings is 3. The number of hydrogen-bond acceptors (Lipinski definition) is 5. The fourth-order valence-electron chi connectivity index (χ4n) is 4.22. The summed E-state index contributed by atoms with van der Waals surface area (Å²) in [5.41, 5.74) is 4.30. The number of para-hydroxylation sites is 1. The number of methoxy groups -OCH3 is 1. The number of amides is 1. The number of allylic oxidation sites excluding steroid dienone is 1. The number of rotatable bonds is 7. The minimum Gasteiger partial charge on any atom is -0.497 e. The molecule has 3 aromatic rings. The van der Waals surface area contributed by atoms with Crippen LogP contribution in [0.2, 0.25) is 0 Å². The fraction of sp³-hybridized carbons (Fsp3) is 0.241. The number of carbonyl (C=O) groups excluding carboxylic acids is 2. The van der Waals surface area contributed by atoms with Gasteiger partial charge in [-0.25, -0.2) is 0 Å². The highest BCUT2D eigenvalue weighted by Crippen LogP contribution is 2.32. The van der Waals surface area contributed by atoms with E-state index in [1.54, 1.807) is 55.7 Å². The van der Waals surface area contributed by atoms with Crippen LogP contribution in [0.5, 0.6) is 11.5 Å². The molecule has 1 aliphatic heterocycles. The molecule has 0 spiro atoms. The lowest BCUT2D eigenvalue weighted by molar-refractivity contribution is 0.102. The highest BCUT2D eigenvalue weighted by Gasteiger charge is 2.28. The van der Waals surface area contributed by atoms with Crippen molar-refractivity contribution in [1.29, 1.82) is 0 Å². The van der Waals surface area contributed by atoms with Crippen LogP contribution in [0.15, 0.2) is 72.8 Å². The summed E-state index contributed by atoms with van der Waals surface area (Å²) in [5.74, 6) is 0.883. The molecule has 0 atom stereocenters. The third-order valence-corrected chi connectivity index (χ3v) is 5.85. The predicted octanol–water partition coefficient (Wildman–Crippen LogP) is 5.49. The molecular formula is C29H30N2O4. The largest absolute Gasteiger partial charge is 0.497 e. The molecule has 6 heteroatoms. The van der Waals surface area contributed by atoms with Crippen LogP contribution in [0.1, 0.15) is 52.6 Å². The minimum absolute atomic E-state index is 0.126. The van der Waals surface area contributed by atoms with Crippen LogP contribution >= 0.6 is 0 Å². The average molecular weight is 471 g/mol. The predicted molar refractivity (Wildman–Crippen MR) is 138 cm³/mol. The third kappa shape index (κ3) is 5.54. The van der Waals surface area contributed by atoms with Crippen molar-refractivity contribution in [2.45, 2.75) is 32.7 Å². The lowest BCUT2D eigenvalue weighted by Crippen LogP contribution is -2.43. The Morgan fingerprint density at radius 1 is 1.06 bits per heavy atom. The molecule has 0 aromatic heterocycles. The Labute approximate surface area is 206 Å². The van der Waals surface area contributed by atoms with Gasteiger partial charge in [0.1, 0.15) is 11.5 Å². The van der Waals surface area contributed by atoms with Crippen molar-refractivity contribution in [1.82, 2.24) is 5.32 Å². The molecule has 1 amide bonds. The summed E-state index contributed by atoms with van der Waals surface area (Å²) in [7, 11) is 1.63. The second-order valence-electron chi connectivity index (χ2n) is 9.09. The zero-order chi connectivity index (χ0) is 25.0. The molecule has 1 heterocycles. The zero-order valence-corrected chi connectivity index (χ0v) is 20.5. The van der Waals surface area contributed by atoms with Gasteiger partial charge in [-0.05, 0) is 81.3 Å². The molecule has 0 radical (unpaired) electrons. The Kier molecular flexibility index (Phi) is 6.92. The molecule has 0 fully saturated rings. The summed E-state index contributed by atoms with van der Waals surface area (Å²) in [4.78, 5) is 25.8. The van der Waals surface area contributed by atoms with Gasteiger partial charge in [-0.15, -0.1) is 0 Å². The highest BCUT2D eigenvalue weighted by atomic mass is 16.5. The number of carbonyl (C=O) groups is 2. The van der Waals surface area contributed by atoms with Gasteiger partial charge in [0.15, 0.2) is 5.78 Å². The third-order valence-electron chi connectivity index (χ3n) is 5.85. The first-order valence-corrected chi connectivity index (χ1v) is 11.6. The normalized spacial score (nSPS) is 15.0. The molecule has 180 valence electrons. The van der Waals surface area contributed by atoms with Gasteiger partial charge >= 0.3 is 0 Å². The maximum Gasteiger partial charge on any atom is 0.259 e. The number of hydrogen-bond donors (Lipinski definition) is 2. The number of anilines is 1. The Morgan fingerprint density at radius 3 is 2.51 bits per heavy atom. The molecule has 1 aliphatic rings. The van der Waals surface area contributed by atoms with Crippen molar-refractivity contribution in [2.75, 3.05) is 19.0 Å². The Morgan fingerprint density at radius 2 is 1.80 bits per heavy atom. The maximum absolute atomic E-state index is 13.1. The van der Waals surface area contributed by atoms with E-state index in [2.05, 4.69) is 30.5 Å². The van der Waals surface area contributed by atoms with Gasteiger partial charge in [0.2, 0.25) is 0 Å². The number of fused-ring (bicyclic) bond motifs is 1. The van der Waals surface area contributed by atoms with Gasteiger partial charge in [0, 0.05) is 34.1 Å². The monoisotopic (exact) mass is 470 g/mol. The van der Waals surface area contributed by atoms with Gasteiger partial charge in [-0.1, -0.05) is 18.2 Å². The van der Waals surface area contributed by atoms with Crippen molar-refractivity contribution < 1.29 is 19.1 Å².